The Hall–Kier alpha value is -0.0800. The quantitative estimate of drug-likeness (QED) is 0.585. The topological polar surface area (TPSA) is 18.5 Å². The molecule has 1 aliphatic rings. The highest BCUT2D eigenvalue weighted by Gasteiger charge is 2.09. The molecule has 0 N–H and O–H groups in total. The molecule has 0 amide bonds. The van der Waals surface area contributed by atoms with Gasteiger partial charge in [0.05, 0.1) is 6.10 Å². The summed E-state index contributed by atoms with van der Waals surface area (Å²) in [7, 11) is 1.77. The lowest BCUT2D eigenvalue weighted by atomic mass is 10.2. The molecule has 0 saturated carbocycles. The second-order valence-corrected chi connectivity index (χ2v) is 2.40. The van der Waals surface area contributed by atoms with Gasteiger partial charge in [-0.1, -0.05) is 13.8 Å². The normalized spacial score (nSPS) is 24.8. The molecule has 0 aliphatic carbocycles. The predicted molar refractivity (Wildman–Crippen MR) is 46.8 cm³/mol. The number of hydrogen-bond donors (Lipinski definition) is 0. The summed E-state index contributed by atoms with van der Waals surface area (Å²) >= 11 is 0. The standard InChI is InChI=1S/C7H14O2.C2H6/c1-8-7-3-2-5-9-6-4-7;1-2/h7H,2-6H2,1H3;1-2H3. The van der Waals surface area contributed by atoms with Gasteiger partial charge in [0.15, 0.2) is 0 Å². The lowest BCUT2D eigenvalue weighted by Crippen LogP contribution is -2.09. The SMILES string of the molecule is CC.COC1CCCOCC1. The van der Waals surface area contributed by atoms with E-state index >= 15 is 0 Å². The van der Waals surface area contributed by atoms with E-state index in [2.05, 4.69) is 0 Å². The average molecular weight is 160 g/mol. The minimum Gasteiger partial charge on any atom is -0.381 e. The Morgan fingerprint density at radius 2 is 1.91 bits per heavy atom. The Morgan fingerprint density at radius 3 is 2.55 bits per heavy atom. The van der Waals surface area contributed by atoms with E-state index in [0.29, 0.717) is 6.10 Å². The summed E-state index contributed by atoms with van der Waals surface area (Å²) in [6.45, 7) is 5.79. The lowest BCUT2D eigenvalue weighted by Gasteiger charge is -2.08. The molecule has 0 radical (unpaired) electrons. The molecule has 1 unspecified atom stereocenters. The molecule has 2 nitrogen and oxygen atoms in total. The average Bonchev–Trinajstić information content (AvgIpc) is 2.35. The van der Waals surface area contributed by atoms with Crippen molar-refractivity contribution in [2.75, 3.05) is 20.3 Å². The van der Waals surface area contributed by atoms with Crippen molar-refractivity contribution in [1.29, 1.82) is 0 Å². The maximum absolute atomic E-state index is 5.25. The van der Waals surface area contributed by atoms with E-state index in [9.17, 15) is 0 Å². The minimum atomic E-state index is 0.451. The minimum absolute atomic E-state index is 0.451. The van der Waals surface area contributed by atoms with Crippen LogP contribution in [0.5, 0.6) is 0 Å². The van der Waals surface area contributed by atoms with Gasteiger partial charge < -0.3 is 9.47 Å². The van der Waals surface area contributed by atoms with E-state index in [1.54, 1.807) is 7.11 Å². The zero-order chi connectivity index (χ0) is 8.53. The smallest absolute Gasteiger partial charge is 0.0594 e. The highest BCUT2D eigenvalue weighted by atomic mass is 16.5. The van der Waals surface area contributed by atoms with Crippen LogP contribution in [0.1, 0.15) is 33.1 Å². The first kappa shape index (κ1) is 10.9. The van der Waals surface area contributed by atoms with Crippen molar-refractivity contribution >= 4 is 0 Å². The molecule has 68 valence electrons. The summed E-state index contributed by atoms with van der Waals surface area (Å²) in [5.41, 5.74) is 0. The molecule has 0 aromatic carbocycles. The largest absolute Gasteiger partial charge is 0.381 e. The third kappa shape index (κ3) is 5.22. The van der Waals surface area contributed by atoms with Crippen LogP contribution in [0.4, 0.5) is 0 Å². The molecule has 1 fully saturated rings. The molecule has 0 bridgehead atoms. The second kappa shape index (κ2) is 8.02. The van der Waals surface area contributed by atoms with E-state index in [4.69, 9.17) is 9.47 Å². The van der Waals surface area contributed by atoms with Crippen molar-refractivity contribution in [3.63, 3.8) is 0 Å². The predicted octanol–water partition coefficient (Wildman–Crippen LogP) is 2.23. The number of rotatable bonds is 1. The summed E-state index contributed by atoms with van der Waals surface area (Å²) in [4.78, 5) is 0. The van der Waals surface area contributed by atoms with Gasteiger partial charge in [0.25, 0.3) is 0 Å². The highest BCUT2D eigenvalue weighted by Crippen LogP contribution is 2.09. The monoisotopic (exact) mass is 160 g/mol. The molecule has 11 heavy (non-hydrogen) atoms. The Labute approximate surface area is 69.9 Å². The first-order chi connectivity index (χ1) is 5.43. The lowest BCUT2D eigenvalue weighted by molar-refractivity contribution is 0.0782. The summed E-state index contributed by atoms with van der Waals surface area (Å²) in [6, 6.07) is 0. The summed E-state index contributed by atoms with van der Waals surface area (Å²) < 4.78 is 10.4. The van der Waals surface area contributed by atoms with Crippen LogP contribution in [0, 0.1) is 0 Å². The van der Waals surface area contributed by atoms with Gasteiger partial charge in [0.2, 0.25) is 0 Å². The van der Waals surface area contributed by atoms with Crippen LogP contribution >= 0.6 is 0 Å². The fraction of sp³-hybridized carbons (Fsp3) is 1.00. The van der Waals surface area contributed by atoms with Crippen molar-refractivity contribution in [2.24, 2.45) is 0 Å². The maximum atomic E-state index is 5.25. The van der Waals surface area contributed by atoms with Crippen molar-refractivity contribution < 1.29 is 9.47 Å². The van der Waals surface area contributed by atoms with Crippen LogP contribution in [0.15, 0.2) is 0 Å². The maximum Gasteiger partial charge on any atom is 0.0594 e. The van der Waals surface area contributed by atoms with E-state index in [0.717, 1.165) is 32.5 Å². The molecule has 2 heteroatoms. The molecular formula is C9H20O2. The van der Waals surface area contributed by atoms with Crippen LogP contribution in [0.25, 0.3) is 0 Å². The van der Waals surface area contributed by atoms with Crippen LogP contribution in [-0.2, 0) is 9.47 Å². The zero-order valence-electron chi connectivity index (χ0n) is 7.93. The van der Waals surface area contributed by atoms with Crippen LogP contribution in [0.2, 0.25) is 0 Å². The van der Waals surface area contributed by atoms with Gasteiger partial charge in [0.1, 0.15) is 0 Å². The van der Waals surface area contributed by atoms with Crippen molar-refractivity contribution in [2.45, 2.75) is 39.2 Å². The van der Waals surface area contributed by atoms with E-state index in [1.165, 1.54) is 0 Å². The second-order valence-electron chi connectivity index (χ2n) is 2.40. The number of methoxy groups -OCH3 is 1. The van der Waals surface area contributed by atoms with Gasteiger partial charge in [-0.3, -0.25) is 0 Å². The van der Waals surface area contributed by atoms with Crippen molar-refractivity contribution in [3.05, 3.63) is 0 Å². The number of hydrogen-bond acceptors (Lipinski definition) is 2. The van der Waals surface area contributed by atoms with Gasteiger partial charge in [-0.05, 0) is 19.3 Å². The fourth-order valence-corrected chi connectivity index (χ4v) is 1.11. The highest BCUT2D eigenvalue weighted by molar-refractivity contribution is 4.60. The van der Waals surface area contributed by atoms with Crippen LogP contribution < -0.4 is 0 Å². The molecule has 0 aromatic rings. The first-order valence-corrected chi connectivity index (χ1v) is 4.54. The van der Waals surface area contributed by atoms with Crippen LogP contribution in [0.3, 0.4) is 0 Å². The molecule has 0 spiro atoms. The molecular weight excluding hydrogens is 140 g/mol. The van der Waals surface area contributed by atoms with Crippen LogP contribution in [-0.4, -0.2) is 26.4 Å². The van der Waals surface area contributed by atoms with Crippen molar-refractivity contribution in [1.82, 2.24) is 0 Å². The summed E-state index contributed by atoms with van der Waals surface area (Å²) in [5, 5.41) is 0. The van der Waals surface area contributed by atoms with E-state index < -0.39 is 0 Å². The van der Waals surface area contributed by atoms with Crippen molar-refractivity contribution in [3.8, 4) is 0 Å². The van der Waals surface area contributed by atoms with E-state index in [1.807, 2.05) is 13.8 Å². The van der Waals surface area contributed by atoms with E-state index in [-0.39, 0.29) is 0 Å². The molecule has 0 aromatic heterocycles. The molecule has 1 atom stereocenters. The summed E-state index contributed by atoms with van der Waals surface area (Å²) in [6.07, 6.45) is 3.83. The molecule has 1 saturated heterocycles. The Balaban J connectivity index is 0.000000461. The van der Waals surface area contributed by atoms with Gasteiger partial charge in [-0.15, -0.1) is 0 Å². The third-order valence-corrected chi connectivity index (χ3v) is 1.73. The Morgan fingerprint density at radius 1 is 1.18 bits per heavy atom. The molecule has 1 aliphatic heterocycles. The van der Waals surface area contributed by atoms with Gasteiger partial charge >= 0.3 is 0 Å². The Bertz CT molecular complexity index is 66.0. The van der Waals surface area contributed by atoms with Gasteiger partial charge in [0, 0.05) is 20.3 Å². The fourth-order valence-electron chi connectivity index (χ4n) is 1.11. The zero-order valence-corrected chi connectivity index (χ0v) is 7.93. The molecule has 1 rings (SSSR count). The third-order valence-electron chi connectivity index (χ3n) is 1.73. The van der Waals surface area contributed by atoms with Gasteiger partial charge in [-0.2, -0.15) is 0 Å². The molecule has 1 heterocycles. The number of ether oxygens (including phenoxy) is 2. The summed E-state index contributed by atoms with van der Waals surface area (Å²) in [5.74, 6) is 0. The first-order valence-electron chi connectivity index (χ1n) is 4.54. The Kier molecular flexibility index (Phi) is 7.96. The van der Waals surface area contributed by atoms with Gasteiger partial charge in [-0.25, -0.2) is 0 Å².